The summed E-state index contributed by atoms with van der Waals surface area (Å²) >= 11 is 5.85. The molecule has 1 heterocycles. The third kappa shape index (κ3) is 4.38. The highest BCUT2D eigenvalue weighted by atomic mass is 35.5. The number of benzene rings is 2. The number of nitrogens with one attached hydrogen (secondary N) is 1. The topological polar surface area (TPSA) is 52.7 Å². The first-order chi connectivity index (χ1) is 12.0. The van der Waals surface area contributed by atoms with Crippen LogP contribution in [-0.4, -0.2) is 54.8 Å². The van der Waals surface area contributed by atoms with Crippen LogP contribution in [0.15, 0.2) is 48.5 Å². The molecule has 0 spiro atoms. The quantitative estimate of drug-likeness (QED) is 0.918. The van der Waals surface area contributed by atoms with E-state index in [1.165, 1.54) is 0 Å². The van der Waals surface area contributed by atoms with Crippen LogP contribution in [0.4, 0.5) is 5.69 Å². The molecule has 0 atom stereocenters. The van der Waals surface area contributed by atoms with Crippen LogP contribution in [0.1, 0.15) is 20.7 Å². The van der Waals surface area contributed by atoms with Crippen molar-refractivity contribution in [2.24, 2.45) is 0 Å². The summed E-state index contributed by atoms with van der Waals surface area (Å²) < 4.78 is 0. The van der Waals surface area contributed by atoms with Gasteiger partial charge in [0.05, 0.1) is 0 Å². The molecule has 1 fully saturated rings. The maximum absolute atomic E-state index is 12.6. The van der Waals surface area contributed by atoms with Gasteiger partial charge < -0.3 is 15.1 Å². The van der Waals surface area contributed by atoms with Crippen molar-refractivity contribution >= 4 is 29.1 Å². The number of halogens is 1. The van der Waals surface area contributed by atoms with E-state index in [9.17, 15) is 9.59 Å². The molecule has 0 saturated carbocycles. The second-order valence-corrected chi connectivity index (χ2v) is 6.57. The smallest absolute Gasteiger partial charge is 0.255 e. The first-order valence-corrected chi connectivity index (χ1v) is 8.55. The number of anilines is 1. The van der Waals surface area contributed by atoms with Crippen LogP contribution in [0, 0.1) is 0 Å². The summed E-state index contributed by atoms with van der Waals surface area (Å²) in [6.45, 7) is 3.14. The molecular formula is C19H20ClN3O2. The number of amides is 2. The lowest BCUT2D eigenvalue weighted by Gasteiger charge is -2.32. The zero-order valence-corrected chi connectivity index (χ0v) is 14.8. The fourth-order valence-corrected chi connectivity index (χ4v) is 2.85. The number of piperazine rings is 1. The molecule has 2 aromatic carbocycles. The first-order valence-electron chi connectivity index (χ1n) is 8.18. The van der Waals surface area contributed by atoms with E-state index in [0.717, 1.165) is 13.1 Å². The number of nitrogens with zero attached hydrogens (tertiary/aromatic N) is 2. The zero-order valence-electron chi connectivity index (χ0n) is 14.0. The largest absolute Gasteiger partial charge is 0.336 e. The first kappa shape index (κ1) is 17.5. The number of likely N-dealkylation sites (N-methyl/N-ethyl adjacent to an activating group) is 1. The second kappa shape index (κ2) is 7.68. The molecule has 2 aromatic rings. The average Bonchev–Trinajstić information content (AvgIpc) is 2.64. The Kier molecular flexibility index (Phi) is 5.36. The van der Waals surface area contributed by atoms with Gasteiger partial charge in [0.2, 0.25) is 0 Å². The molecule has 5 nitrogen and oxygen atoms in total. The molecule has 6 heteroatoms. The van der Waals surface area contributed by atoms with Gasteiger partial charge in [-0.05, 0) is 49.5 Å². The monoisotopic (exact) mass is 357 g/mol. The molecule has 1 aliphatic heterocycles. The fraction of sp³-hybridized carbons (Fsp3) is 0.263. The van der Waals surface area contributed by atoms with Gasteiger partial charge in [0.25, 0.3) is 11.8 Å². The van der Waals surface area contributed by atoms with Gasteiger partial charge in [-0.3, -0.25) is 9.59 Å². The molecular weight excluding hydrogens is 338 g/mol. The summed E-state index contributed by atoms with van der Waals surface area (Å²) in [6, 6.07) is 13.7. The van der Waals surface area contributed by atoms with Crippen LogP contribution in [0.25, 0.3) is 0 Å². The molecule has 130 valence electrons. The lowest BCUT2D eigenvalue weighted by Crippen LogP contribution is -2.47. The maximum atomic E-state index is 12.6. The number of carbonyl (C=O) groups excluding carboxylic acids is 2. The van der Waals surface area contributed by atoms with E-state index in [2.05, 4.69) is 10.2 Å². The predicted molar refractivity (Wildman–Crippen MR) is 99.2 cm³/mol. The van der Waals surface area contributed by atoms with E-state index >= 15 is 0 Å². The highest BCUT2D eigenvalue weighted by molar-refractivity contribution is 6.30. The summed E-state index contributed by atoms with van der Waals surface area (Å²) in [6.07, 6.45) is 0. The summed E-state index contributed by atoms with van der Waals surface area (Å²) in [5.41, 5.74) is 1.65. The molecule has 2 amide bonds. The molecule has 0 aromatic heterocycles. The molecule has 0 unspecified atom stereocenters. The minimum absolute atomic E-state index is 0.0331. The SMILES string of the molecule is CN1CCN(C(=O)c2cccc(C(=O)Nc3ccc(Cl)cc3)c2)CC1. The van der Waals surface area contributed by atoms with Crippen LogP contribution in [0.2, 0.25) is 5.02 Å². The second-order valence-electron chi connectivity index (χ2n) is 6.14. The number of hydrogen-bond donors (Lipinski definition) is 1. The Labute approximate surface area is 152 Å². The Hall–Kier alpha value is -2.37. The van der Waals surface area contributed by atoms with Crippen molar-refractivity contribution in [2.45, 2.75) is 0 Å². The van der Waals surface area contributed by atoms with Gasteiger partial charge in [0, 0.05) is 48.0 Å². The fourth-order valence-electron chi connectivity index (χ4n) is 2.72. The molecule has 25 heavy (non-hydrogen) atoms. The van der Waals surface area contributed by atoms with Crippen molar-refractivity contribution in [3.8, 4) is 0 Å². The molecule has 1 aliphatic rings. The minimum Gasteiger partial charge on any atom is -0.336 e. The van der Waals surface area contributed by atoms with Crippen LogP contribution in [0.5, 0.6) is 0 Å². The summed E-state index contributed by atoms with van der Waals surface area (Å²) in [5, 5.41) is 3.42. The molecule has 0 radical (unpaired) electrons. The Morgan fingerprint density at radius 1 is 0.960 bits per heavy atom. The Morgan fingerprint density at radius 2 is 1.60 bits per heavy atom. The normalized spacial score (nSPS) is 15.0. The summed E-state index contributed by atoms with van der Waals surface area (Å²) in [5.74, 6) is -0.287. The minimum atomic E-state index is -0.254. The van der Waals surface area contributed by atoms with E-state index < -0.39 is 0 Å². The number of hydrogen-bond acceptors (Lipinski definition) is 3. The van der Waals surface area contributed by atoms with Crippen molar-refractivity contribution in [1.82, 2.24) is 9.80 Å². The number of rotatable bonds is 3. The Balaban J connectivity index is 1.71. The van der Waals surface area contributed by atoms with E-state index in [0.29, 0.717) is 34.9 Å². The Morgan fingerprint density at radius 3 is 2.28 bits per heavy atom. The van der Waals surface area contributed by atoms with Crippen molar-refractivity contribution in [3.05, 3.63) is 64.7 Å². The maximum Gasteiger partial charge on any atom is 0.255 e. The van der Waals surface area contributed by atoms with E-state index in [-0.39, 0.29) is 11.8 Å². The van der Waals surface area contributed by atoms with Crippen molar-refractivity contribution in [3.63, 3.8) is 0 Å². The van der Waals surface area contributed by atoms with Crippen LogP contribution in [0.3, 0.4) is 0 Å². The van der Waals surface area contributed by atoms with Crippen molar-refractivity contribution in [1.29, 1.82) is 0 Å². The molecule has 1 saturated heterocycles. The molecule has 0 bridgehead atoms. The zero-order chi connectivity index (χ0) is 17.8. The molecule has 1 N–H and O–H groups in total. The van der Waals surface area contributed by atoms with Crippen LogP contribution >= 0.6 is 11.6 Å². The van der Waals surface area contributed by atoms with E-state index in [4.69, 9.17) is 11.6 Å². The summed E-state index contributed by atoms with van der Waals surface area (Å²) in [7, 11) is 2.05. The van der Waals surface area contributed by atoms with Gasteiger partial charge in [0.1, 0.15) is 0 Å². The van der Waals surface area contributed by atoms with Gasteiger partial charge >= 0.3 is 0 Å². The predicted octanol–water partition coefficient (Wildman–Crippen LogP) is 2.98. The Bertz CT molecular complexity index is 768. The van der Waals surface area contributed by atoms with E-state index in [1.807, 2.05) is 11.9 Å². The summed E-state index contributed by atoms with van der Waals surface area (Å²) in [4.78, 5) is 29.1. The average molecular weight is 358 g/mol. The van der Waals surface area contributed by atoms with Crippen LogP contribution < -0.4 is 5.32 Å². The van der Waals surface area contributed by atoms with Crippen molar-refractivity contribution < 1.29 is 9.59 Å². The molecule has 0 aliphatic carbocycles. The highest BCUT2D eigenvalue weighted by Gasteiger charge is 2.21. The van der Waals surface area contributed by atoms with Gasteiger partial charge in [-0.15, -0.1) is 0 Å². The van der Waals surface area contributed by atoms with E-state index in [1.54, 1.807) is 48.5 Å². The van der Waals surface area contributed by atoms with Crippen molar-refractivity contribution in [2.75, 3.05) is 38.5 Å². The van der Waals surface area contributed by atoms with Crippen LogP contribution in [-0.2, 0) is 0 Å². The highest BCUT2D eigenvalue weighted by Crippen LogP contribution is 2.16. The van der Waals surface area contributed by atoms with Gasteiger partial charge in [-0.25, -0.2) is 0 Å². The third-order valence-electron chi connectivity index (χ3n) is 4.26. The number of carbonyl (C=O) groups is 2. The molecule has 3 rings (SSSR count). The van der Waals surface area contributed by atoms with Gasteiger partial charge in [-0.2, -0.15) is 0 Å². The standard InChI is InChI=1S/C19H20ClN3O2/c1-22-9-11-23(12-10-22)19(25)15-4-2-3-14(13-15)18(24)21-17-7-5-16(20)6-8-17/h2-8,13H,9-12H2,1H3,(H,21,24). The third-order valence-corrected chi connectivity index (χ3v) is 4.52. The lowest BCUT2D eigenvalue weighted by molar-refractivity contribution is 0.0664. The van der Waals surface area contributed by atoms with Gasteiger partial charge in [-0.1, -0.05) is 17.7 Å². The van der Waals surface area contributed by atoms with Gasteiger partial charge in [0.15, 0.2) is 0 Å². The lowest BCUT2D eigenvalue weighted by atomic mass is 10.1.